The molecule has 2 aromatic rings. The Balaban J connectivity index is 1.76. The second-order valence-electron chi connectivity index (χ2n) is 6.53. The van der Waals surface area contributed by atoms with Crippen LogP contribution in [-0.4, -0.2) is 9.55 Å². The van der Waals surface area contributed by atoms with Gasteiger partial charge in [0.25, 0.3) is 5.56 Å². The van der Waals surface area contributed by atoms with Gasteiger partial charge in [0.15, 0.2) is 0 Å². The molecular formula is C17H19ClN2O. The number of alkyl halides is 1. The molecule has 1 aromatic heterocycles. The van der Waals surface area contributed by atoms with Crippen LogP contribution in [0.15, 0.2) is 29.1 Å². The molecule has 110 valence electrons. The Morgan fingerprint density at radius 3 is 2.81 bits per heavy atom. The first kappa shape index (κ1) is 13.3. The summed E-state index contributed by atoms with van der Waals surface area (Å²) in [6.07, 6.45) is 5.35. The number of hydrogen-bond donors (Lipinski definition) is 0. The van der Waals surface area contributed by atoms with E-state index in [0.717, 1.165) is 23.9 Å². The molecule has 4 heteroatoms. The smallest absolute Gasteiger partial charge is 0.261 e. The van der Waals surface area contributed by atoms with Gasteiger partial charge in [-0.1, -0.05) is 18.6 Å². The normalized spacial score (nSPS) is 27.6. The second-order valence-corrected chi connectivity index (χ2v) is 6.80. The van der Waals surface area contributed by atoms with Crippen LogP contribution in [0, 0.1) is 17.8 Å². The SMILES string of the molecule is O=c1c2ccccc2nc(CCl)n1CC1CC2CCC1C2. The molecule has 0 amide bonds. The van der Waals surface area contributed by atoms with E-state index >= 15 is 0 Å². The average molecular weight is 303 g/mol. The molecule has 21 heavy (non-hydrogen) atoms. The topological polar surface area (TPSA) is 34.9 Å². The summed E-state index contributed by atoms with van der Waals surface area (Å²) in [5, 5.41) is 0.703. The lowest BCUT2D eigenvalue weighted by molar-refractivity contribution is 0.290. The van der Waals surface area contributed by atoms with Crippen molar-refractivity contribution in [2.45, 2.75) is 38.1 Å². The van der Waals surface area contributed by atoms with Gasteiger partial charge in [0.05, 0.1) is 16.8 Å². The van der Waals surface area contributed by atoms with Crippen LogP contribution in [0.1, 0.15) is 31.5 Å². The maximum absolute atomic E-state index is 12.8. The molecule has 2 bridgehead atoms. The van der Waals surface area contributed by atoms with E-state index in [1.165, 1.54) is 25.7 Å². The van der Waals surface area contributed by atoms with E-state index in [-0.39, 0.29) is 5.56 Å². The van der Waals surface area contributed by atoms with Gasteiger partial charge in [-0.25, -0.2) is 4.98 Å². The van der Waals surface area contributed by atoms with Gasteiger partial charge >= 0.3 is 0 Å². The number of nitrogens with zero attached hydrogens (tertiary/aromatic N) is 2. The number of para-hydroxylation sites is 1. The van der Waals surface area contributed by atoms with Crippen LogP contribution in [-0.2, 0) is 12.4 Å². The number of halogens is 1. The summed E-state index contributed by atoms with van der Waals surface area (Å²) in [6.45, 7) is 0.792. The Labute approximate surface area is 128 Å². The van der Waals surface area contributed by atoms with Gasteiger partial charge in [-0.3, -0.25) is 9.36 Å². The predicted molar refractivity (Wildman–Crippen MR) is 84.5 cm³/mol. The molecular weight excluding hydrogens is 284 g/mol. The molecule has 0 aliphatic heterocycles. The fourth-order valence-electron chi connectivity index (χ4n) is 4.34. The van der Waals surface area contributed by atoms with Gasteiger partial charge in [0.2, 0.25) is 0 Å². The Morgan fingerprint density at radius 1 is 1.24 bits per heavy atom. The Kier molecular flexibility index (Phi) is 3.26. The summed E-state index contributed by atoms with van der Waals surface area (Å²) in [6, 6.07) is 7.55. The molecule has 3 atom stereocenters. The van der Waals surface area contributed by atoms with Crippen LogP contribution in [0.3, 0.4) is 0 Å². The molecule has 1 heterocycles. The van der Waals surface area contributed by atoms with E-state index < -0.39 is 0 Å². The van der Waals surface area contributed by atoms with Gasteiger partial charge in [-0.2, -0.15) is 0 Å². The molecule has 1 aromatic carbocycles. The minimum absolute atomic E-state index is 0.0685. The van der Waals surface area contributed by atoms with Crippen LogP contribution >= 0.6 is 11.6 Å². The van der Waals surface area contributed by atoms with Crippen molar-refractivity contribution < 1.29 is 0 Å². The monoisotopic (exact) mass is 302 g/mol. The van der Waals surface area contributed by atoms with Crippen LogP contribution in [0.5, 0.6) is 0 Å². The first-order valence-electron chi connectivity index (χ1n) is 7.80. The van der Waals surface area contributed by atoms with Gasteiger partial charge in [-0.05, 0) is 49.1 Å². The van der Waals surface area contributed by atoms with E-state index in [4.69, 9.17) is 11.6 Å². The Morgan fingerprint density at radius 2 is 2.10 bits per heavy atom. The molecule has 0 saturated heterocycles. The molecule has 4 rings (SSSR count). The lowest BCUT2D eigenvalue weighted by Gasteiger charge is -2.23. The summed E-state index contributed by atoms with van der Waals surface area (Å²) in [7, 11) is 0. The largest absolute Gasteiger partial charge is 0.295 e. The second kappa shape index (κ2) is 5.13. The molecule has 0 N–H and O–H groups in total. The molecule has 2 saturated carbocycles. The third kappa shape index (κ3) is 2.18. The summed E-state index contributed by atoms with van der Waals surface area (Å²) in [5.74, 6) is 3.33. The third-order valence-electron chi connectivity index (χ3n) is 5.36. The first-order valence-corrected chi connectivity index (χ1v) is 8.34. The quantitative estimate of drug-likeness (QED) is 0.812. The highest BCUT2D eigenvalue weighted by Gasteiger charge is 2.39. The van der Waals surface area contributed by atoms with Crippen molar-refractivity contribution in [1.82, 2.24) is 9.55 Å². The standard InChI is InChI=1S/C17H19ClN2O/c18-9-16-19-15-4-2-1-3-14(15)17(21)20(16)10-13-8-11-5-6-12(13)7-11/h1-4,11-13H,5-10H2. The third-order valence-corrected chi connectivity index (χ3v) is 5.60. The summed E-state index contributed by atoms with van der Waals surface area (Å²) < 4.78 is 1.83. The first-order chi connectivity index (χ1) is 10.3. The number of fused-ring (bicyclic) bond motifs is 3. The van der Waals surface area contributed by atoms with E-state index in [0.29, 0.717) is 23.0 Å². The maximum atomic E-state index is 12.8. The van der Waals surface area contributed by atoms with Crippen molar-refractivity contribution in [1.29, 1.82) is 0 Å². The van der Waals surface area contributed by atoms with Gasteiger partial charge in [0, 0.05) is 6.54 Å². The van der Waals surface area contributed by atoms with E-state index in [1.807, 2.05) is 28.8 Å². The molecule has 2 aliphatic rings. The van der Waals surface area contributed by atoms with E-state index in [1.54, 1.807) is 0 Å². The molecule has 2 aliphatic carbocycles. The zero-order valence-electron chi connectivity index (χ0n) is 12.0. The van der Waals surface area contributed by atoms with E-state index in [9.17, 15) is 4.79 Å². The average Bonchev–Trinajstić information content (AvgIpc) is 3.12. The molecule has 3 nitrogen and oxygen atoms in total. The van der Waals surface area contributed by atoms with Crippen LogP contribution in [0.4, 0.5) is 0 Å². The Bertz CT molecular complexity index is 739. The summed E-state index contributed by atoms with van der Waals surface area (Å²) in [4.78, 5) is 17.4. The van der Waals surface area contributed by atoms with Crippen molar-refractivity contribution in [2.24, 2.45) is 17.8 Å². The van der Waals surface area contributed by atoms with Crippen molar-refractivity contribution >= 4 is 22.5 Å². The van der Waals surface area contributed by atoms with Gasteiger partial charge < -0.3 is 0 Å². The zero-order chi connectivity index (χ0) is 14.4. The highest BCUT2D eigenvalue weighted by Crippen LogP contribution is 2.48. The Hall–Kier alpha value is -1.35. The van der Waals surface area contributed by atoms with Gasteiger partial charge in [0.1, 0.15) is 5.82 Å². The number of aromatic nitrogens is 2. The summed E-state index contributed by atoms with van der Waals surface area (Å²) >= 11 is 6.05. The highest BCUT2D eigenvalue weighted by atomic mass is 35.5. The number of hydrogen-bond acceptors (Lipinski definition) is 2. The van der Waals surface area contributed by atoms with Crippen molar-refractivity contribution in [3.63, 3.8) is 0 Å². The molecule has 0 spiro atoms. The van der Waals surface area contributed by atoms with Crippen LogP contribution in [0.25, 0.3) is 10.9 Å². The fraction of sp³-hybridized carbons (Fsp3) is 0.529. The van der Waals surface area contributed by atoms with E-state index in [2.05, 4.69) is 4.98 Å². The lowest BCUT2D eigenvalue weighted by Crippen LogP contribution is -2.30. The zero-order valence-corrected chi connectivity index (χ0v) is 12.7. The van der Waals surface area contributed by atoms with Crippen molar-refractivity contribution in [3.8, 4) is 0 Å². The molecule has 2 fully saturated rings. The fourth-order valence-corrected chi connectivity index (χ4v) is 4.54. The van der Waals surface area contributed by atoms with Gasteiger partial charge in [-0.15, -0.1) is 11.6 Å². The molecule has 0 radical (unpaired) electrons. The predicted octanol–water partition coefficient (Wildman–Crippen LogP) is 3.57. The highest BCUT2D eigenvalue weighted by molar-refractivity contribution is 6.16. The lowest BCUT2D eigenvalue weighted by atomic mass is 9.89. The number of rotatable bonds is 3. The van der Waals surface area contributed by atoms with Crippen LogP contribution in [0.2, 0.25) is 0 Å². The van der Waals surface area contributed by atoms with Crippen LogP contribution < -0.4 is 5.56 Å². The van der Waals surface area contributed by atoms with Crippen molar-refractivity contribution in [3.05, 3.63) is 40.4 Å². The van der Waals surface area contributed by atoms with Crippen molar-refractivity contribution in [2.75, 3.05) is 0 Å². The minimum atomic E-state index is 0.0685. The maximum Gasteiger partial charge on any atom is 0.261 e. The summed E-state index contributed by atoms with van der Waals surface area (Å²) in [5.41, 5.74) is 0.821. The number of benzene rings is 1. The minimum Gasteiger partial charge on any atom is -0.295 e. The molecule has 3 unspecified atom stereocenters.